The van der Waals surface area contributed by atoms with Crippen LogP contribution in [0.1, 0.15) is 24.5 Å². The maximum absolute atomic E-state index is 14.6. The van der Waals surface area contributed by atoms with Crippen molar-refractivity contribution in [1.29, 1.82) is 5.26 Å². The maximum Gasteiger partial charge on any atom is 0.232 e. The SMILES string of the molecule is CC(=O)Nc1cccc(Nc2ncnc(N3CC=C(c4ccc(C#N)cc4)CC3)n2)c1F. The van der Waals surface area contributed by atoms with Crippen LogP contribution in [0.3, 0.4) is 0 Å². The molecule has 0 unspecified atom stereocenters. The van der Waals surface area contributed by atoms with E-state index in [9.17, 15) is 9.18 Å². The standard InChI is InChI=1S/C23H20FN7O/c1-15(32)28-19-3-2-4-20(21(19)24)29-22-26-14-27-23(30-22)31-11-9-18(10-12-31)17-7-5-16(13-25)6-8-17/h2-9,14H,10-12H2,1H3,(H,28,32)(H,26,27,29,30). The zero-order valence-corrected chi connectivity index (χ0v) is 17.3. The number of hydrogen-bond acceptors (Lipinski definition) is 7. The van der Waals surface area contributed by atoms with Gasteiger partial charge in [0, 0.05) is 20.0 Å². The van der Waals surface area contributed by atoms with Crippen LogP contribution in [0, 0.1) is 17.1 Å². The molecule has 160 valence electrons. The van der Waals surface area contributed by atoms with Crippen LogP contribution >= 0.6 is 0 Å². The first-order chi connectivity index (χ1) is 15.5. The summed E-state index contributed by atoms with van der Waals surface area (Å²) in [6.07, 6.45) is 4.28. The predicted molar refractivity (Wildman–Crippen MR) is 120 cm³/mol. The van der Waals surface area contributed by atoms with Crippen molar-refractivity contribution in [2.45, 2.75) is 13.3 Å². The third kappa shape index (κ3) is 4.70. The quantitative estimate of drug-likeness (QED) is 0.634. The average Bonchev–Trinajstić information content (AvgIpc) is 2.82. The van der Waals surface area contributed by atoms with Gasteiger partial charge in [0.1, 0.15) is 6.33 Å². The topological polar surface area (TPSA) is 107 Å². The molecule has 0 atom stereocenters. The summed E-state index contributed by atoms with van der Waals surface area (Å²) in [5, 5.41) is 14.2. The Morgan fingerprint density at radius 2 is 1.94 bits per heavy atom. The highest BCUT2D eigenvalue weighted by Gasteiger charge is 2.17. The number of carbonyl (C=O) groups is 1. The van der Waals surface area contributed by atoms with Gasteiger partial charge in [-0.25, -0.2) is 14.4 Å². The molecule has 8 nitrogen and oxygen atoms in total. The Morgan fingerprint density at radius 1 is 1.16 bits per heavy atom. The first-order valence-electron chi connectivity index (χ1n) is 10.00. The number of nitrogens with one attached hydrogen (secondary N) is 2. The first kappa shape index (κ1) is 20.9. The minimum Gasteiger partial charge on any atom is -0.337 e. The largest absolute Gasteiger partial charge is 0.337 e. The molecule has 4 rings (SSSR count). The van der Waals surface area contributed by atoms with Crippen LogP contribution in [-0.2, 0) is 4.79 Å². The van der Waals surface area contributed by atoms with Crippen molar-refractivity contribution in [2.75, 3.05) is 28.6 Å². The second-order valence-electron chi connectivity index (χ2n) is 7.20. The summed E-state index contributed by atoms with van der Waals surface area (Å²) in [4.78, 5) is 26.0. The smallest absolute Gasteiger partial charge is 0.232 e. The molecule has 2 aromatic carbocycles. The number of benzene rings is 2. The van der Waals surface area contributed by atoms with Gasteiger partial charge in [0.25, 0.3) is 0 Å². The average molecular weight is 429 g/mol. The molecule has 2 heterocycles. The number of amides is 1. The molecule has 2 N–H and O–H groups in total. The van der Waals surface area contributed by atoms with Gasteiger partial charge in [0.05, 0.1) is 23.0 Å². The Balaban J connectivity index is 1.48. The summed E-state index contributed by atoms with van der Waals surface area (Å²) in [7, 11) is 0. The van der Waals surface area contributed by atoms with Gasteiger partial charge in [-0.3, -0.25) is 4.79 Å². The highest BCUT2D eigenvalue weighted by molar-refractivity contribution is 5.89. The van der Waals surface area contributed by atoms with Crippen molar-refractivity contribution in [1.82, 2.24) is 15.0 Å². The maximum atomic E-state index is 14.6. The molecular formula is C23H20FN7O. The summed E-state index contributed by atoms with van der Waals surface area (Å²) in [5.74, 6) is -0.272. The fourth-order valence-electron chi connectivity index (χ4n) is 3.41. The van der Waals surface area contributed by atoms with E-state index in [0.29, 0.717) is 24.6 Å². The second-order valence-corrected chi connectivity index (χ2v) is 7.20. The summed E-state index contributed by atoms with van der Waals surface area (Å²) < 4.78 is 14.6. The highest BCUT2D eigenvalue weighted by atomic mass is 19.1. The first-order valence-corrected chi connectivity index (χ1v) is 10.00. The molecule has 0 aliphatic carbocycles. The van der Waals surface area contributed by atoms with Crippen LogP contribution in [-0.4, -0.2) is 33.9 Å². The van der Waals surface area contributed by atoms with Crippen LogP contribution in [0.4, 0.5) is 27.7 Å². The number of rotatable bonds is 5. The van der Waals surface area contributed by atoms with E-state index in [-0.39, 0.29) is 23.2 Å². The van der Waals surface area contributed by atoms with Crippen molar-refractivity contribution in [2.24, 2.45) is 0 Å². The molecule has 0 saturated heterocycles. The minimum absolute atomic E-state index is 0.0771. The minimum atomic E-state index is -0.599. The molecule has 0 bridgehead atoms. The lowest BCUT2D eigenvalue weighted by Gasteiger charge is -2.26. The third-order valence-electron chi connectivity index (χ3n) is 4.99. The number of nitriles is 1. The lowest BCUT2D eigenvalue weighted by Crippen LogP contribution is -2.30. The zero-order valence-electron chi connectivity index (χ0n) is 17.3. The van der Waals surface area contributed by atoms with E-state index < -0.39 is 5.82 Å². The molecule has 1 amide bonds. The summed E-state index contributed by atoms with van der Waals surface area (Å²) in [5.41, 5.74) is 3.16. The van der Waals surface area contributed by atoms with Gasteiger partial charge < -0.3 is 15.5 Å². The van der Waals surface area contributed by atoms with Crippen molar-refractivity contribution >= 4 is 34.8 Å². The Bertz CT molecular complexity index is 1220. The van der Waals surface area contributed by atoms with Gasteiger partial charge in [0.15, 0.2) is 5.82 Å². The zero-order chi connectivity index (χ0) is 22.5. The summed E-state index contributed by atoms with van der Waals surface area (Å²) >= 11 is 0. The van der Waals surface area contributed by atoms with Crippen LogP contribution in [0.2, 0.25) is 0 Å². The molecule has 0 radical (unpaired) electrons. The van der Waals surface area contributed by atoms with Crippen LogP contribution in [0.5, 0.6) is 0 Å². The van der Waals surface area contributed by atoms with E-state index in [0.717, 1.165) is 12.0 Å². The van der Waals surface area contributed by atoms with Gasteiger partial charge in [0.2, 0.25) is 17.8 Å². The van der Waals surface area contributed by atoms with E-state index in [1.54, 1.807) is 6.07 Å². The van der Waals surface area contributed by atoms with Gasteiger partial charge in [-0.2, -0.15) is 10.2 Å². The van der Waals surface area contributed by atoms with Crippen molar-refractivity contribution in [3.63, 3.8) is 0 Å². The third-order valence-corrected chi connectivity index (χ3v) is 4.99. The van der Waals surface area contributed by atoms with E-state index in [1.165, 1.54) is 31.0 Å². The molecule has 0 spiro atoms. The monoisotopic (exact) mass is 429 g/mol. The molecule has 0 saturated carbocycles. The molecule has 32 heavy (non-hydrogen) atoms. The van der Waals surface area contributed by atoms with Crippen LogP contribution < -0.4 is 15.5 Å². The number of anilines is 4. The molecule has 1 aromatic heterocycles. The van der Waals surface area contributed by atoms with Crippen molar-refractivity contribution in [3.05, 3.63) is 71.8 Å². The lowest BCUT2D eigenvalue weighted by atomic mass is 9.99. The lowest BCUT2D eigenvalue weighted by molar-refractivity contribution is -0.114. The predicted octanol–water partition coefficient (Wildman–Crippen LogP) is 3.88. The summed E-state index contributed by atoms with van der Waals surface area (Å²) in [6, 6.07) is 14.3. The number of hydrogen-bond donors (Lipinski definition) is 2. The fraction of sp³-hybridized carbons (Fsp3) is 0.174. The van der Waals surface area contributed by atoms with E-state index in [2.05, 4.69) is 37.7 Å². The van der Waals surface area contributed by atoms with Crippen molar-refractivity contribution < 1.29 is 9.18 Å². The van der Waals surface area contributed by atoms with Gasteiger partial charge in [-0.1, -0.05) is 24.3 Å². The number of nitrogens with zero attached hydrogens (tertiary/aromatic N) is 5. The molecular weight excluding hydrogens is 409 g/mol. The highest BCUT2D eigenvalue weighted by Crippen LogP contribution is 2.26. The number of aromatic nitrogens is 3. The molecule has 1 aliphatic heterocycles. The van der Waals surface area contributed by atoms with E-state index in [1.807, 2.05) is 29.2 Å². The van der Waals surface area contributed by atoms with Crippen LogP contribution in [0.15, 0.2) is 54.9 Å². The van der Waals surface area contributed by atoms with E-state index in [4.69, 9.17) is 5.26 Å². The second kappa shape index (κ2) is 9.22. The van der Waals surface area contributed by atoms with E-state index >= 15 is 0 Å². The Labute approximate surface area is 184 Å². The fourth-order valence-corrected chi connectivity index (χ4v) is 3.41. The number of halogens is 1. The Morgan fingerprint density at radius 3 is 2.62 bits per heavy atom. The van der Waals surface area contributed by atoms with Gasteiger partial charge in [-0.15, -0.1) is 0 Å². The Hall–Kier alpha value is -4.32. The molecule has 0 fully saturated rings. The van der Waals surface area contributed by atoms with Gasteiger partial charge in [-0.05, 0) is 41.8 Å². The van der Waals surface area contributed by atoms with Crippen molar-refractivity contribution in [3.8, 4) is 6.07 Å². The normalized spacial score (nSPS) is 13.2. The Kier molecular flexibility index (Phi) is 6.03. The van der Waals surface area contributed by atoms with Crippen LogP contribution in [0.25, 0.3) is 5.57 Å². The molecule has 3 aromatic rings. The summed E-state index contributed by atoms with van der Waals surface area (Å²) in [6.45, 7) is 2.64. The number of carbonyl (C=O) groups excluding carboxylic acids is 1. The van der Waals surface area contributed by atoms with Gasteiger partial charge >= 0.3 is 0 Å². The molecule has 9 heteroatoms. The molecule has 1 aliphatic rings.